The summed E-state index contributed by atoms with van der Waals surface area (Å²) in [5.74, 6) is -0.172. The molecule has 2 unspecified atom stereocenters. The molecule has 0 N–H and O–H groups in total. The molecule has 27 heavy (non-hydrogen) atoms. The molecule has 2 atom stereocenters. The highest BCUT2D eigenvalue weighted by Crippen LogP contribution is 2.30. The van der Waals surface area contributed by atoms with E-state index in [-0.39, 0.29) is 5.82 Å². The molecule has 2 aromatic rings. The van der Waals surface area contributed by atoms with Gasteiger partial charge in [0.15, 0.2) is 11.6 Å². The summed E-state index contributed by atoms with van der Waals surface area (Å²) in [5.41, 5.74) is 5.27. The minimum absolute atomic E-state index is 0.00144. The van der Waals surface area contributed by atoms with Crippen LogP contribution in [0.3, 0.4) is 0 Å². The van der Waals surface area contributed by atoms with Crippen LogP contribution in [0.2, 0.25) is 0 Å². The molecule has 4 rings (SSSR count). The normalized spacial score (nSPS) is 21.0. The van der Waals surface area contributed by atoms with Crippen LogP contribution in [0.4, 0.5) is 13.2 Å². The van der Waals surface area contributed by atoms with Crippen LogP contribution in [-0.2, 0) is 25.7 Å². The van der Waals surface area contributed by atoms with Crippen LogP contribution in [0.1, 0.15) is 60.1 Å². The first-order valence-electron chi connectivity index (χ1n) is 10.0. The Morgan fingerprint density at radius 3 is 1.93 bits per heavy atom. The van der Waals surface area contributed by atoms with E-state index in [4.69, 9.17) is 0 Å². The van der Waals surface area contributed by atoms with Crippen molar-refractivity contribution < 1.29 is 13.2 Å². The second kappa shape index (κ2) is 8.08. The molecule has 146 valence electrons. The number of fused-ring (bicyclic) bond motifs is 2. The van der Waals surface area contributed by atoms with E-state index in [2.05, 4.69) is 19.9 Å². The highest BCUT2D eigenvalue weighted by Gasteiger charge is 2.22. The van der Waals surface area contributed by atoms with Gasteiger partial charge in [0.1, 0.15) is 5.82 Å². The molecule has 0 fully saturated rings. The molecule has 2 aliphatic carbocycles. The topological polar surface area (TPSA) is 0 Å². The fourth-order valence-electron chi connectivity index (χ4n) is 4.30. The molecule has 0 amide bonds. The molecule has 3 heteroatoms. The third-order valence-electron chi connectivity index (χ3n) is 5.93. The molecule has 0 nitrogen and oxygen atoms in total. The average molecular weight is 374 g/mol. The Morgan fingerprint density at radius 2 is 1.30 bits per heavy atom. The van der Waals surface area contributed by atoms with Gasteiger partial charge in [-0.15, -0.1) is 0 Å². The molecule has 0 saturated carbocycles. The van der Waals surface area contributed by atoms with Crippen LogP contribution in [-0.4, -0.2) is 0 Å². The minimum atomic E-state index is -0.669. The smallest absolute Gasteiger partial charge is 0.162 e. The number of halogens is 3. The molecule has 2 aromatic carbocycles. The standard InChI is InChI=1S/C12H14F2.C12H15F/c1-7-3-4-9-6-8(2)11(13)12(14)10(9)5-7;1-8-3-4-10-5-9(2)7-12(13)11(10)6-8/h6-7H,3-5H2,1-2H3;5,7-8H,3-4,6H2,1-2H3. The van der Waals surface area contributed by atoms with Crippen LogP contribution >= 0.6 is 0 Å². The quantitative estimate of drug-likeness (QED) is 0.484. The fraction of sp³-hybridized carbons (Fsp3) is 0.500. The summed E-state index contributed by atoms with van der Waals surface area (Å²) >= 11 is 0. The fourth-order valence-corrected chi connectivity index (χ4v) is 4.30. The van der Waals surface area contributed by atoms with Gasteiger partial charge in [0.2, 0.25) is 0 Å². The van der Waals surface area contributed by atoms with E-state index in [1.54, 1.807) is 19.1 Å². The summed E-state index contributed by atoms with van der Waals surface area (Å²) < 4.78 is 40.3. The van der Waals surface area contributed by atoms with Crippen LogP contribution in [0.15, 0.2) is 18.2 Å². The Bertz CT molecular complexity index is 838. The van der Waals surface area contributed by atoms with Crippen LogP contribution < -0.4 is 0 Å². The molecular formula is C24H29F3. The molecule has 0 saturated heterocycles. The highest BCUT2D eigenvalue weighted by molar-refractivity contribution is 5.36. The molecule has 0 heterocycles. The van der Waals surface area contributed by atoms with Gasteiger partial charge in [-0.05, 0) is 104 Å². The Morgan fingerprint density at radius 1 is 0.741 bits per heavy atom. The summed E-state index contributed by atoms with van der Waals surface area (Å²) in [6.07, 6.45) is 5.82. The molecule has 0 radical (unpaired) electrons. The first-order valence-corrected chi connectivity index (χ1v) is 10.0. The number of benzene rings is 2. The summed E-state index contributed by atoms with van der Waals surface area (Å²) in [6, 6.07) is 5.57. The zero-order valence-corrected chi connectivity index (χ0v) is 16.8. The van der Waals surface area contributed by atoms with Gasteiger partial charge < -0.3 is 0 Å². The van der Waals surface area contributed by atoms with Crippen molar-refractivity contribution in [2.45, 2.75) is 66.2 Å². The third kappa shape index (κ3) is 4.39. The van der Waals surface area contributed by atoms with Crippen LogP contribution in [0, 0.1) is 43.1 Å². The van der Waals surface area contributed by atoms with E-state index in [1.165, 1.54) is 12.0 Å². The Labute approximate surface area is 160 Å². The monoisotopic (exact) mass is 374 g/mol. The van der Waals surface area contributed by atoms with Crippen molar-refractivity contribution >= 4 is 0 Å². The lowest BCUT2D eigenvalue weighted by atomic mass is 9.84. The van der Waals surface area contributed by atoms with E-state index in [9.17, 15) is 13.2 Å². The minimum Gasteiger partial charge on any atom is -0.207 e. The van der Waals surface area contributed by atoms with Crippen molar-refractivity contribution in [3.63, 3.8) is 0 Å². The first kappa shape index (κ1) is 20.0. The predicted molar refractivity (Wildman–Crippen MR) is 105 cm³/mol. The molecule has 0 aromatic heterocycles. The maximum Gasteiger partial charge on any atom is 0.162 e. The van der Waals surface area contributed by atoms with Gasteiger partial charge in [0.05, 0.1) is 0 Å². The lowest BCUT2D eigenvalue weighted by molar-refractivity contribution is 0.446. The molecule has 0 bridgehead atoms. The first-order chi connectivity index (χ1) is 12.8. The number of hydrogen-bond acceptors (Lipinski definition) is 0. The summed E-state index contributed by atoms with van der Waals surface area (Å²) in [7, 11) is 0. The van der Waals surface area contributed by atoms with Gasteiger partial charge in [-0.2, -0.15) is 0 Å². The van der Waals surface area contributed by atoms with Crippen molar-refractivity contribution in [2.75, 3.05) is 0 Å². The largest absolute Gasteiger partial charge is 0.207 e. The molecule has 2 aliphatic rings. The maximum absolute atomic E-state index is 13.5. The zero-order valence-electron chi connectivity index (χ0n) is 16.8. The number of aryl methyl sites for hydroxylation is 4. The Balaban J connectivity index is 0.000000156. The molecular weight excluding hydrogens is 345 g/mol. The van der Waals surface area contributed by atoms with Gasteiger partial charge in [-0.1, -0.05) is 26.0 Å². The Hall–Kier alpha value is -1.77. The molecule has 0 aliphatic heterocycles. The summed E-state index contributed by atoms with van der Waals surface area (Å²) in [5, 5.41) is 0. The lowest BCUT2D eigenvalue weighted by Crippen LogP contribution is -2.14. The number of hydrogen-bond donors (Lipinski definition) is 0. The summed E-state index contributed by atoms with van der Waals surface area (Å²) in [6.45, 7) is 7.86. The second-order valence-corrected chi connectivity index (χ2v) is 8.54. The molecule has 0 spiro atoms. The van der Waals surface area contributed by atoms with Gasteiger partial charge in [-0.3, -0.25) is 0 Å². The number of rotatable bonds is 0. The van der Waals surface area contributed by atoms with Gasteiger partial charge >= 0.3 is 0 Å². The van der Waals surface area contributed by atoms with E-state index in [0.29, 0.717) is 29.4 Å². The average Bonchev–Trinajstić information content (AvgIpc) is 2.62. The van der Waals surface area contributed by atoms with E-state index in [1.807, 2.05) is 6.92 Å². The van der Waals surface area contributed by atoms with Gasteiger partial charge in [0.25, 0.3) is 0 Å². The predicted octanol–water partition coefficient (Wildman–Crippen LogP) is 6.66. The van der Waals surface area contributed by atoms with E-state index in [0.717, 1.165) is 42.4 Å². The Kier molecular flexibility index (Phi) is 5.98. The van der Waals surface area contributed by atoms with Crippen LogP contribution in [0.5, 0.6) is 0 Å². The van der Waals surface area contributed by atoms with Crippen molar-refractivity contribution in [3.05, 3.63) is 69.0 Å². The van der Waals surface area contributed by atoms with E-state index >= 15 is 0 Å². The van der Waals surface area contributed by atoms with Crippen molar-refractivity contribution in [1.82, 2.24) is 0 Å². The van der Waals surface area contributed by atoms with Crippen molar-refractivity contribution in [3.8, 4) is 0 Å². The third-order valence-corrected chi connectivity index (χ3v) is 5.93. The SMILES string of the molecule is Cc1cc(F)c2c(c1)CCC(C)C2.Cc1cc2c(c(F)c1F)CC(C)CC2. The van der Waals surface area contributed by atoms with Crippen LogP contribution in [0.25, 0.3) is 0 Å². The maximum atomic E-state index is 13.5. The lowest BCUT2D eigenvalue weighted by Gasteiger charge is -2.22. The van der Waals surface area contributed by atoms with Crippen molar-refractivity contribution in [2.24, 2.45) is 11.8 Å². The second-order valence-electron chi connectivity index (χ2n) is 8.54. The van der Waals surface area contributed by atoms with E-state index < -0.39 is 11.6 Å². The van der Waals surface area contributed by atoms with Crippen molar-refractivity contribution in [1.29, 1.82) is 0 Å². The summed E-state index contributed by atoms with van der Waals surface area (Å²) in [4.78, 5) is 0. The van der Waals surface area contributed by atoms with Gasteiger partial charge in [0, 0.05) is 0 Å². The highest BCUT2D eigenvalue weighted by atomic mass is 19.2. The van der Waals surface area contributed by atoms with Gasteiger partial charge in [-0.25, -0.2) is 13.2 Å². The zero-order chi connectivity index (χ0) is 19.7.